The molecule has 3 aromatic rings. The average molecular weight is 300 g/mol. The molecule has 0 aliphatic carbocycles. The SMILES string of the molecule is Cc1ccc(-c2cc(F)c(C(C)C)c(F)c2)c2cnn(C)c12. The standard InChI is InChI=1S/C18H18F2N2/c1-10(2)17-15(19)7-12(8-16(17)20)13-6-5-11(3)18-14(13)9-21-22(18)4/h5-10H,1-4H3. The maximum Gasteiger partial charge on any atom is 0.130 e. The lowest BCUT2D eigenvalue weighted by atomic mass is 9.95. The highest BCUT2D eigenvalue weighted by atomic mass is 19.1. The van der Waals surface area contributed by atoms with Crippen molar-refractivity contribution in [2.24, 2.45) is 7.05 Å². The number of hydrogen-bond acceptors (Lipinski definition) is 1. The summed E-state index contributed by atoms with van der Waals surface area (Å²) in [5, 5.41) is 5.16. The summed E-state index contributed by atoms with van der Waals surface area (Å²) < 4.78 is 30.3. The van der Waals surface area contributed by atoms with Crippen LogP contribution in [-0.4, -0.2) is 9.78 Å². The molecule has 1 aromatic heterocycles. The van der Waals surface area contributed by atoms with Crippen molar-refractivity contribution in [3.63, 3.8) is 0 Å². The van der Waals surface area contributed by atoms with Crippen LogP contribution in [-0.2, 0) is 7.05 Å². The van der Waals surface area contributed by atoms with Gasteiger partial charge in [-0.1, -0.05) is 26.0 Å². The summed E-state index contributed by atoms with van der Waals surface area (Å²) in [6, 6.07) is 6.67. The first-order valence-electron chi connectivity index (χ1n) is 7.30. The molecule has 0 atom stereocenters. The summed E-state index contributed by atoms with van der Waals surface area (Å²) in [5.74, 6) is -1.18. The molecule has 0 radical (unpaired) electrons. The molecule has 0 N–H and O–H groups in total. The molecule has 3 rings (SSSR count). The van der Waals surface area contributed by atoms with Crippen molar-refractivity contribution in [1.82, 2.24) is 9.78 Å². The number of aromatic nitrogens is 2. The van der Waals surface area contributed by atoms with E-state index < -0.39 is 11.6 Å². The average Bonchev–Trinajstić information content (AvgIpc) is 2.81. The number of hydrogen-bond donors (Lipinski definition) is 0. The minimum absolute atomic E-state index is 0.137. The van der Waals surface area contributed by atoms with E-state index in [-0.39, 0.29) is 11.5 Å². The summed E-state index contributed by atoms with van der Waals surface area (Å²) in [6.45, 7) is 5.57. The molecule has 0 spiro atoms. The van der Waals surface area contributed by atoms with Crippen molar-refractivity contribution in [3.8, 4) is 11.1 Å². The molecule has 0 aliphatic heterocycles. The van der Waals surface area contributed by atoms with Crippen molar-refractivity contribution >= 4 is 10.9 Å². The Labute approximate surface area is 128 Å². The van der Waals surface area contributed by atoms with Crippen molar-refractivity contribution in [1.29, 1.82) is 0 Å². The van der Waals surface area contributed by atoms with Crippen LogP contribution in [0.4, 0.5) is 8.78 Å². The molecule has 0 bridgehead atoms. The van der Waals surface area contributed by atoms with E-state index >= 15 is 0 Å². The summed E-state index contributed by atoms with van der Waals surface area (Å²) in [6.07, 6.45) is 1.74. The smallest absolute Gasteiger partial charge is 0.130 e. The van der Waals surface area contributed by atoms with E-state index in [1.54, 1.807) is 24.7 Å². The van der Waals surface area contributed by atoms with E-state index in [4.69, 9.17) is 0 Å². The molecular formula is C18H18F2N2. The molecule has 0 unspecified atom stereocenters. The monoisotopic (exact) mass is 300 g/mol. The van der Waals surface area contributed by atoms with E-state index in [0.717, 1.165) is 22.0 Å². The highest BCUT2D eigenvalue weighted by molar-refractivity contribution is 5.96. The Morgan fingerprint density at radius 2 is 1.73 bits per heavy atom. The number of halogens is 2. The lowest BCUT2D eigenvalue weighted by molar-refractivity contribution is 0.542. The molecule has 4 heteroatoms. The van der Waals surface area contributed by atoms with Gasteiger partial charge in [-0.05, 0) is 41.7 Å². The van der Waals surface area contributed by atoms with E-state index in [1.807, 2.05) is 26.1 Å². The van der Waals surface area contributed by atoms with Crippen molar-refractivity contribution < 1.29 is 8.78 Å². The Morgan fingerprint density at radius 3 is 2.32 bits per heavy atom. The number of rotatable bonds is 2. The van der Waals surface area contributed by atoms with Crippen LogP contribution in [0.3, 0.4) is 0 Å². The largest absolute Gasteiger partial charge is 0.268 e. The third kappa shape index (κ3) is 2.19. The fraction of sp³-hybridized carbons (Fsp3) is 0.278. The van der Waals surface area contributed by atoms with Crippen LogP contribution < -0.4 is 0 Å². The molecule has 0 saturated heterocycles. The molecular weight excluding hydrogens is 282 g/mol. The van der Waals surface area contributed by atoms with Crippen LogP contribution in [0.2, 0.25) is 0 Å². The van der Waals surface area contributed by atoms with Gasteiger partial charge in [-0.25, -0.2) is 8.78 Å². The summed E-state index contributed by atoms with van der Waals surface area (Å²) in [4.78, 5) is 0. The first-order valence-corrected chi connectivity index (χ1v) is 7.30. The van der Waals surface area contributed by atoms with Gasteiger partial charge in [0, 0.05) is 18.0 Å². The first kappa shape index (κ1) is 14.7. The number of fused-ring (bicyclic) bond motifs is 1. The maximum absolute atomic E-state index is 14.3. The van der Waals surface area contributed by atoms with Gasteiger partial charge in [0.05, 0.1) is 11.7 Å². The zero-order valence-corrected chi connectivity index (χ0v) is 13.1. The van der Waals surface area contributed by atoms with Gasteiger partial charge in [-0.15, -0.1) is 0 Å². The quantitative estimate of drug-likeness (QED) is 0.654. The molecule has 0 aliphatic rings. The lowest BCUT2D eigenvalue weighted by Crippen LogP contribution is -1.99. The minimum atomic E-state index is -0.498. The lowest BCUT2D eigenvalue weighted by Gasteiger charge is -2.12. The Bertz CT molecular complexity index is 840. The zero-order chi connectivity index (χ0) is 16.0. The Kier molecular flexibility index (Phi) is 3.47. The second-order valence-corrected chi connectivity index (χ2v) is 5.97. The van der Waals surface area contributed by atoms with Crippen LogP contribution in [0.5, 0.6) is 0 Å². The highest BCUT2D eigenvalue weighted by Gasteiger charge is 2.17. The van der Waals surface area contributed by atoms with Crippen molar-refractivity contribution in [2.75, 3.05) is 0 Å². The molecule has 2 aromatic carbocycles. The van der Waals surface area contributed by atoms with E-state index in [1.165, 1.54) is 12.1 Å². The third-order valence-corrected chi connectivity index (χ3v) is 4.07. The van der Waals surface area contributed by atoms with E-state index in [9.17, 15) is 8.78 Å². The molecule has 1 heterocycles. The topological polar surface area (TPSA) is 17.8 Å². The van der Waals surface area contributed by atoms with Gasteiger partial charge in [0.2, 0.25) is 0 Å². The van der Waals surface area contributed by atoms with E-state index in [2.05, 4.69) is 5.10 Å². The van der Waals surface area contributed by atoms with Gasteiger partial charge in [0.1, 0.15) is 11.6 Å². The predicted molar refractivity (Wildman–Crippen MR) is 84.9 cm³/mol. The summed E-state index contributed by atoms with van der Waals surface area (Å²) in [7, 11) is 1.86. The molecule has 22 heavy (non-hydrogen) atoms. The molecule has 114 valence electrons. The van der Waals surface area contributed by atoms with Crippen LogP contribution in [0, 0.1) is 18.6 Å². The molecule has 0 amide bonds. The summed E-state index contributed by atoms with van der Waals surface area (Å²) >= 11 is 0. The normalized spacial score (nSPS) is 11.6. The number of aryl methyl sites for hydroxylation is 2. The molecule has 0 saturated carbocycles. The van der Waals surface area contributed by atoms with E-state index in [0.29, 0.717) is 5.56 Å². The second kappa shape index (κ2) is 5.20. The van der Waals surface area contributed by atoms with Crippen molar-refractivity contribution in [3.05, 3.63) is 53.2 Å². The summed E-state index contributed by atoms with van der Waals surface area (Å²) in [5.41, 5.74) is 3.53. The van der Waals surface area contributed by atoms with Gasteiger partial charge >= 0.3 is 0 Å². The number of nitrogens with zero attached hydrogens (tertiary/aromatic N) is 2. The maximum atomic E-state index is 14.3. The van der Waals surface area contributed by atoms with Gasteiger partial charge in [0.25, 0.3) is 0 Å². The van der Waals surface area contributed by atoms with Crippen LogP contribution in [0.15, 0.2) is 30.5 Å². The number of benzene rings is 2. The Balaban J connectivity index is 2.27. The van der Waals surface area contributed by atoms with Gasteiger partial charge in [0.15, 0.2) is 0 Å². The van der Waals surface area contributed by atoms with Gasteiger partial charge in [-0.2, -0.15) is 5.10 Å². The van der Waals surface area contributed by atoms with Crippen LogP contribution in [0.1, 0.15) is 30.9 Å². The van der Waals surface area contributed by atoms with Crippen molar-refractivity contribution in [2.45, 2.75) is 26.7 Å². The highest BCUT2D eigenvalue weighted by Crippen LogP contribution is 2.33. The Hall–Kier alpha value is -2.23. The third-order valence-electron chi connectivity index (χ3n) is 4.07. The van der Waals surface area contributed by atoms with Gasteiger partial charge < -0.3 is 0 Å². The second-order valence-electron chi connectivity index (χ2n) is 5.97. The van der Waals surface area contributed by atoms with Gasteiger partial charge in [-0.3, -0.25) is 4.68 Å². The fourth-order valence-corrected chi connectivity index (χ4v) is 3.02. The van der Waals surface area contributed by atoms with Crippen LogP contribution in [0.25, 0.3) is 22.0 Å². The van der Waals surface area contributed by atoms with Crippen LogP contribution >= 0.6 is 0 Å². The zero-order valence-electron chi connectivity index (χ0n) is 13.1. The fourth-order valence-electron chi connectivity index (χ4n) is 3.02. The molecule has 0 fully saturated rings. The first-order chi connectivity index (χ1) is 10.4. The minimum Gasteiger partial charge on any atom is -0.268 e. The predicted octanol–water partition coefficient (Wildman–Crippen LogP) is 4.95. The molecule has 2 nitrogen and oxygen atoms in total. The Morgan fingerprint density at radius 1 is 1.09 bits per heavy atom.